The molecule has 1 amide bonds. The van der Waals surface area contributed by atoms with Crippen molar-refractivity contribution in [2.45, 2.75) is 34.3 Å². The van der Waals surface area contributed by atoms with Gasteiger partial charge in [-0.05, 0) is 98.1 Å². The molecule has 0 spiro atoms. The Morgan fingerprint density at radius 3 is 2.47 bits per heavy atom. The summed E-state index contributed by atoms with van der Waals surface area (Å²) in [6, 6.07) is 17.9. The van der Waals surface area contributed by atoms with E-state index in [1.165, 1.54) is 23.9 Å². The van der Waals surface area contributed by atoms with E-state index < -0.39 is 0 Å². The molecule has 0 atom stereocenters. The van der Waals surface area contributed by atoms with Crippen LogP contribution in [0.3, 0.4) is 0 Å². The number of rotatable bonds is 8. The topological polar surface area (TPSA) is 51.1 Å². The van der Waals surface area contributed by atoms with Crippen LogP contribution in [0.4, 0.5) is 10.1 Å². The number of halogens is 1. The molecule has 0 unspecified atom stereocenters. The van der Waals surface area contributed by atoms with Crippen molar-refractivity contribution in [1.82, 2.24) is 4.90 Å². The third kappa shape index (κ3) is 5.97. The fraction of sp³-hybridized carbons (Fsp3) is 0.241. The van der Waals surface area contributed by atoms with Gasteiger partial charge in [0.1, 0.15) is 12.4 Å². The molecule has 1 aliphatic heterocycles. The lowest BCUT2D eigenvalue weighted by atomic mass is 10.1. The Labute approximate surface area is 215 Å². The van der Waals surface area contributed by atoms with Crippen LogP contribution < -0.4 is 9.47 Å². The molecule has 5 nitrogen and oxygen atoms in total. The van der Waals surface area contributed by atoms with Gasteiger partial charge in [0.15, 0.2) is 16.7 Å². The molecule has 7 heteroatoms. The molecule has 0 N–H and O–H groups in total. The van der Waals surface area contributed by atoms with Crippen LogP contribution in [-0.4, -0.2) is 29.1 Å². The molecule has 1 fully saturated rings. The summed E-state index contributed by atoms with van der Waals surface area (Å²) < 4.78 is 24.9. The number of hydrogen-bond acceptors (Lipinski definition) is 5. The highest BCUT2D eigenvalue weighted by atomic mass is 32.2. The van der Waals surface area contributed by atoms with Gasteiger partial charge in [-0.25, -0.2) is 9.38 Å². The van der Waals surface area contributed by atoms with E-state index in [0.29, 0.717) is 41.3 Å². The maximum atomic E-state index is 13.2. The highest BCUT2D eigenvalue weighted by Gasteiger charge is 2.32. The Bertz CT molecular complexity index is 1320. The number of hydrogen-bond donors (Lipinski definition) is 0. The van der Waals surface area contributed by atoms with Crippen molar-refractivity contribution in [2.75, 3.05) is 13.2 Å². The van der Waals surface area contributed by atoms with Crippen LogP contribution in [0.15, 0.2) is 70.6 Å². The Morgan fingerprint density at radius 2 is 1.75 bits per heavy atom. The number of thioether (sulfide) groups is 1. The van der Waals surface area contributed by atoms with Crippen molar-refractivity contribution in [2.24, 2.45) is 4.99 Å². The fourth-order valence-corrected chi connectivity index (χ4v) is 4.76. The number of amides is 1. The van der Waals surface area contributed by atoms with E-state index in [1.54, 1.807) is 17.0 Å². The van der Waals surface area contributed by atoms with Crippen molar-refractivity contribution < 1.29 is 18.7 Å². The largest absolute Gasteiger partial charge is 0.490 e. The molecule has 3 aromatic rings. The molecule has 36 heavy (non-hydrogen) atoms. The first-order valence-corrected chi connectivity index (χ1v) is 12.7. The van der Waals surface area contributed by atoms with Crippen LogP contribution in [0.5, 0.6) is 11.5 Å². The minimum atomic E-state index is -0.283. The minimum absolute atomic E-state index is 0.0684. The van der Waals surface area contributed by atoms with Gasteiger partial charge in [-0.15, -0.1) is 0 Å². The SMILES string of the molecule is CCOc1cc(/C=C2/SC(=Nc3cc(C)ccc3C)N(CC)C2=O)ccc1OCc1ccc(F)cc1. The van der Waals surface area contributed by atoms with Crippen molar-refractivity contribution in [1.29, 1.82) is 0 Å². The molecule has 1 aliphatic rings. The number of likely N-dealkylation sites (N-methyl/N-ethyl adjacent to an activating group) is 1. The van der Waals surface area contributed by atoms with Gasteiger partial charge in [0.25, 0.3) is 5.91 Å². The maximum Gasteiger partial charge on any atom is 0.266 e. The Hall–Kier alpha value is -3.58. The lowest BCUT2D eigenvalue weighted by Gasteiger charge is -2.13. The average molecular weight is 505 g/mol. The Balaban J connectivity index is 1.58. The predicted octanol–water partition coefficient (Wildman–Crippen LogP) is 7.04. The first-order chi connectivity index (χ1) is 17.4. The molecule has 0 aromatic heterocycles. The van der Waals surface area contributed by atoms with Crippen LogP contribution >= 0.6 is 11.8 Å². The quantitative estimate of drug-likeness (QED) is 0.309. The summed E-state index contributed by atoms with van der Waals surface area (Å²) in [5.74, 6) is 0.817. The zero-order chi connectivity index (χ0) is 25.7. The second-order valence-corrected chi connectivity index (χ2v) is 9.41. The normalized spacial score (nSPS) is 15.7. The molecule has 4 rings (SSSR count). The zero-order valence-corrected chi connectivity index (χ0v) is 21.7. The van der Waals surface area contributed by atoms with Crippen LogP contribution in [0.2, 0.25) is 0 Å². The number of aliphatic imine (C=N–C) groups is 1. The van der Waals surface area contributed by atoms with Gasteiger partial charge in [0.2, 0.25) is 0 Å². The molecule has 0 saturated carbocycles. The molecule has 3 aromatic carbocycles. The molecule has 0 aliphatic carbocycles. The van der Waals surface area contributed by atoms with Gasteiger partial charge in [-0.1, -0.05) is 30.3 Å². The number of benzene rings is 3. The van der Waals surface area contributed by atoms with E-state index in [2.05, 4.69) is 6.07 Å². The lowest BCUT2D eigenvalue weighted by Crippen LogP contribution is -2.28. The van der Waals surface area contributed by atoms with Crippen molar-refractivity contribution in [3.05, 3.63) is 93.6 Å². The highest BCUT2D eigenvalue weighted by molar-refractivity contribution is 8.18. The second kappa shape index (κ2) is 11.4. The smallest absolute Gasteiger partial charge is 0.266 e. The summed E-state index contributed by atoms with van der Waals surface area (Å²) in [7, 11) is 0. The van der Waals surface area contributed by atoms with Crippen LogP contribution in [0.1, 0.15) is 36.1 Å². The van der Waals surface area contributed by atoms with Gasteiger partial charge in [-0.3, -0.25) is 9.69 Å². The minimum Gasteiger partial charge on any atom is -0.490 e. The van der Waals surface area contributed by atoms with E-state index in [1.807, 2.05) is 64.1 Å². The summed E-state index contributed by atoms with van der Waals surface area (Å²) in [6.07, 6.45) is 1.85. The third-order valence-electron chi connectivity index (χ3n) is 5.66. The standard InChI is InChI=1S/C29H29FN2O3S/c1-5-32-28(33)27(36-29(32)31-24-15-19(3)7-8-20(24)4)17-22-11-14-25(26(16-22)34-6-2)35-18-21-9-12-23(30)13-10-21/h7-17H,5-6,18H2,1-4H3/b27-17+,31-29?. The van der Waals surface area contributed by atoms with E-state index in [0.717, 1.165) is 27.9 Å². The summed E-state index contributed by atoms with van der Waals surface area (Å²) in [5, 5.41) is 0.673. The number of carbonyl (C=O) groups excluding carboxylic acids is 1. The number of nitrogens with zero attached hydrogens (tertiary/aromatic N) is 2. The fourth-order valence-electron chi connectivity index (χ4n) is 3.71. The van der Waals surface area contributed by atoms with E-state index >= 15 is 0 Å². The summed E-state index contributed by atoms with van der Waals surface area (Å²) in [4.78, 5) is 20.2. The number of carbonyl (C=O) groups is 1. The summed E-state index contributed by atoms with van der Waals surface area (Å²) in [6.45, 7) is 9.19. The van der Waals surface area contributed by atoms with Crippen molar-refractivity contribution in [3.63, 3.8) is 0 Å². The summed E-state index contributed by atoms with van der Waals surface area (Å²) in [5.41, 5.74) is 4.73. The second-order valence-electron chi connectivity index (χ2n) is 8.40. The van der Waals surface area contributed by atoms with Crippen molar-refractivity contribution >= 4 is 34.6 Å². The number of aryl methyl sites for hydroxylation is 2. The first-order valence-electron chi connectivity index (χ1n) is 11.9. The van der Waals surface area contributed by atoms with Crippen LogP contribution in [0, 0.1) is 19.7 Å². The Morgan fingerprint density at radius 1 is 0.972 bits per heavy atom. The average Bonchev–Trinajstić information content (AvgIpc) is 3.15. The van der Waals surface area contributed by atoms with Gasteiger partial charge in [0, 0.05) is 6.54 Å². The Kier molecular flexibility index (Phi) is 8.10. The number of ether oxygens (including phenoxy) is 2. The van der Waals surface area contributed by atoms with E-state index in [9.17, 15) is 9.18 Å². The molecule has 0 radical (unpaired) electrons. The van der Waals surface area contributed by atoms with Gasteiger partial charge in [0.05, 0.1) is 17.2 Å². The maximum absolute atomic E-state index is 13.2. The molecule has 1 saturated heterocycles. The predicted molar refractivity (Wildman–Crippen MR) is 144 cm³/mol. The monoisotopic (exact) mass is 504 g/mol. The van der Waals surface area contributed by atoms with Crippen molar-refractivity contribution in [3.8, 4) is 11.5 Å². The number of amidine groups is 1. The summed E-state index contributed by atoms with van der Waals surface area (Å²) >= 11 is 1.37. The zero-order valence-electron chi connectivity index (χ0n) is 20.9. The van der Waals surface area contributed by atoms with Crippen LogP contribution in [-0.2, 0) is 11.4 Å². The molecular formula is C29H29FN2O3S. The highest BCUT2D eigenvalue weighted by Crippen LogP contribution is 2.36. The lowest BCUT2D eigenvalue weighted by molar-refractivity contribution is -0.122. The molecule has 0 bridgehead atoms. The van der Waals surface area contributed by atoms with Gasteiger partial charge >= 0.3 is 0 Å². The van der Waals surface area contributed by atoms with E-state index in [4.69, 9.17) is 14.5 Å². The van der Waals surface area contributed by atoms with Crippen LogP contribution in [0.25, 0.3) is 6.08 Å². The van der Waals surface area contributed by atoms with Gasteiger partial charge < -0.3 is 9.47 Å². The molecule has 1 heterocycles. The molecular weight excluding hydrogens is 475 g/mol. The van der Waals surface area contributed by atoms with E-state index in [-0.39, 0.29) is 11.7 Å². The third-order valence-corrected chi connectivity index (χ3v) is 6.66. The van der Waals surface area contributed by atoms with Gasteiger partial charge in [-0.2, -0.15) is 0 Å². The molecule has 186 valence electrons. The first kappa shape index (κ1) is 25.5.